The number of hydrogen-bond acceptors (Lipinski definition) is 3. The summed E-state index contributed by atoms with van der Waals surface area (Å²) < 4.78 is 0. The maximum Gasteiger partial charge on any atom is 0.255 e. The molecule has 4 nitrogen and oxygen atoms in total. The Morgan fingerprint density at radius 3 is 3.00 bits per heavy atom. The minimum atomic E-state index is -0.186. The number of hydrogen-bond donors (Lipinski definition) is 2. The van der Waals surface area contributed by atoms with Crippen molar-refractivity contribution in [2.75, 3.05) is 19.7 Å². The number of phenols is 1. The average Bonchev–Trinajstić information content (AvgIpc) is 2.41. The number of carbonyl (C=O) groups excluding carboxylic acids is 1. The van der Waals surface area contributed by atoms with Crippen molar-refractivity contribution in [3.8, 4) is 5.75 Å². The lowest BCUT2D eigenvalue weighted by Gasteiger charge is -2.32. The van der Waals surface area contributed by atoms with Gasteiger partial charge in [0, 0.05) is 19.7 Å². The molecular weight excluding hydrogens is 254 g/mol. The smallest absolute Gasteiger partial charge is 0.255 e. The van der Waals surface area contributed by atoms with Crippen LogP contribution in [0.3, 0.4) is 0 Å². The van der Waals surface area contributed by atoms with Crippen LogP contribution in [0.25, 0.3) is 0 Å². The molecule has 2 rings (SSSR count). The molecule has 18 heavy (non-hydrogen) atoms. The second-order valence-corrected chi connectivity index (χ2v) is 5.01. The normalized spacial score (nSPS) is 19.9. The van der Waals surface area contributed by atoms with Crippen molar-refractivity contribution in [1.82, 2.24) is 4.90 Å². The molecule has 0 saturated carbocycles. The van der Waals surface area contributed by atoms with Gasteiger partial charge in [0.25, 0.3) is 5.91 Å². The highest BCUT2D eigenvalue weighted by atomic mass is 35.5. The minimum Gasteiger partial charge on any atom is -0.508 e. The average molecular weight is 270 g/mol. The van der Waals surface area contributed by atoms with E-state index in [1.807, 2.05) is 0 Å². The van der Waals surface area contributed by atoms with Gasteiger partial charge in [-0.15, -0.1) is 0 Å². The molecule has 0 radical (unpaired) electrons. The zero-order chi connectivity index (χ0) is 13.1. The van der Waals surface area contributed by atoms with Gasteiger partial charge in [0.2, 0.25) is 0 Å². The first-order chi connectivity index (χ1) is 8.61. The van der Waals surface area contributed by atoms with E-state index in [9.17, 15) is 9.90 Å². The number of likely N-dealkylation sites (tertiary alicyclic amines) is 1. The van der Waals surface area contributed by atoms with Crippen molar-refractivity contribution in [2.24, 2.45) is 5.92 Å². The quantitative estimate of drug-likeness (QED) is 0.862. The van der Waals surface area contributed by atoms with Crippen LogP contribution in [0.5, 0.6) is 5.75 Å². The number of aliphatic hydroxyl groups excluding tert-OH is 1. The SMILES string of the molecule is O=C(c1cc(O)ccc1Cl)N1CCCC(CO)C1. The van der Waals surface area contributed by atoms with E-state index in [4.69, 9.17) is 16.7 Å². The number of piperidine rings is 1. The third-order valence-electron chi connectivity index (χ3n) is 3.24. The second kappa shape index (κ2) is 5.59. The molecule has 1 unspecified atom stereocenters. The van der Waals surface area contributed by atoms with E-state index >= 15 is 0 Å². The van der Waals surface area contributed by atoms with Crippen LogP contribution >= 0.6 is 11.6 Å². The number of benzene rings is 1. The number of amides is 1. The van der Waals surface area contributed by atoms with E-state index in [-0.39, 0.29) is 24.2 Å². The number of nitrogens with zero attached hydrogens (tertiary/aromatic N) is 1. The first-order valence-electron chi connectivity index (χ1n) is 6.00. The topological polar surface area (TPSA) is 60.8 Å². The summed E-state index contributed by atoms with van der Waals surface area (Å²) in [5, 5.41) is 18.9. The minimum absolute atomic E-state index is 0.0264. The lowest BCUT2D eigenvalue weighted by Crippen LogP contribution is -2.41. The summed E-state index contributed by atoms with van der Waals surface area (Å²) in [4.78, 5) is 14.0. The van der Waals surface area contributed by atoms with Crippen LogP contribution in [0.2, 0.25) is 5.02 Å². The number of aromatic hydroxyl groups is 1. The first kappa shape index (κ1) is 13.2. The predicted octanol–water partition coefficient (Wildman–Crippen LogP) is 1.89. The van der Waals surface area contributed by atoms with E-state index in [0.717, 1.165) is 12.8 Å². The van der Waals surface area contributed by atoms with E-state index in [1.54, 1.807) is 4.90 Å². The van der Waals surface area contributed by atoms with Crippen molar-refractivity contribution < 1.29 is 15.0 Å². The summed E-state index contributed by atoms with van der Waals surface area (Å²) in [6, 6.07) is 4.34. The highest BCUT2D eigenvalue weighted by Crippen LogP contribution is 2.25. The zero-order valence-electron chi connectivity index (χ0n) is 9.97. The predicted molar refractivity (Wildman–Crippen MR) is 68.8 cm³/mol. The summed E-state index contributed by atoms with van der Waals surface area (Å²) in [6.07, 6.45) is 1.82. The molecule has 0 spiro atoms. The Bertz CT molecular complexity index is 450. The van der Waals surface area contributed by atoms with Crippen molar-refractivity contribution >= 4 is 17.5 Å². The molecule has 1 aromatic carbocycles. The van der Waals surface area contributed by atoms with Gasteiger partial charge >= 0.3 is 0 Å². The summed E-state index contributed by atoms with van der Waals surface area (Å²) in [7, 11) is 0. The van der Waals surface area contributed by atoms with Crippen LogP contribution in [0, 0.1) is 5.92 Å². The Kier molecular flexibility index (Phi) is 4.09. The van der Waals surface area contributed by atoms with Gasteiger partial charge in [-0.2, -0.15) is 0 Å². The van der Waals surface area contributed by atoms with Crippen LogP contribution in [0.15, 0.2) is 18.2 Å². The van der Waals surface area contributed by atoms with E-state index < -0.39 is 0 Å². The number of halogens is 1. The lowest BCUT2D eigenvalue weighted by molar-refractivity contribution is 0.0620. The standard InChI is InChI=1S/C13H16ClNO3/c14-12-4-3-10(17)6-11(12)13(18)15-5-1-2-9(7-15)8-16/h3-4,6,9,16-17H,1-2,5,7-8H2. The molecule has 1 aliphatic heterocycles. The van der Waals surface area contributed by atoms with Crippen molar-refractivity contribution in [2.45, 2.75) is 12.8 Å². The molecule has 2 N–H and O–H groups in total. The highest BCUT2D eigenvalue weighted by Gasteiger charge is 2.25. The molecule has 5 heteroatoms. The van der Waals surface area contributed by atoms with Crippen LogP contribution in [-0.4, -0.2) is 40.7 Å². The number of rotatable bonds is 2. The molecule has 0 aliphatic carbocycles. The fourth-order valence-corrected chi connectivity index (χ4v) is 2.44. The molecule has 1 amide bonds. The Morgan fingerprint density at radius 1 is 1.50 bits per heavy atom. The van der Waals surface area contributed by atoms with Gasteiger partial charge in [-0.25, -0.2) is 0 Å². The van der Waals surface area contributed by atoms with Gasteiger partial charge < -0.3 is 15.1 Å². The van der Waals surface area contributed by atoms with Gasteiger partial charge in [-0.1, -0.05) is 11.6 Å². The number of carbonyl (C=O) groups is 1. The van der Waals surface area contributed by atoms with Gasteiger partial charge in [0.1, 0.15) is 5.75 Å². The molecule has 1 fully saturated rings. The summed E-state index contributed by atoms with van der Waals surface area (Å²) in [5.74, 6) is -0.0219. The van der Waals surface area contributed by atoms with E-state index in [0.29, 0.717) is 23.7 Å². The maximum absolute atomic E-state index is 12.3. The Hall–Kier alpha value is -1.26. The zero-order valence-corrected chi connectivity index (χ0v) is 10.7. The summed E-state index contributed by atoms with van der Waals surface area (Å²) >= 11 is 5.97. The maximum atomic E-state index is 12.3. The number of phenolic OH excluding ortho intramolecular Hbond substituents is 1. The lowest BCUT2D eigenvalue weighted by atomic mass is 9.98. The van der Waals surface area contributed by atoms with E-state index in [1.165, 1.54) is 18.2 Å². The second-order valence-electron chi connectivity index (χ2n) is 4.61. The molecule has 0 aromatic heterocycles. The van der Waals surface area contributed by atoms with Crippen molar-refractivity contribution in [3.63, 3.8) is 0 Å². The Morgan fingerprint density at radius 2 is 2.28 bits per heavy atom. The van der Waals surface area contributed by atoms with Gasteiger partial charge in [0.05, 0.1) is 10.6 Å². The fraction of sp³-hybridized carbons (Fsp3) is 0.462. The van der Waals surface area contributed by atoms with Crippen LogP contribution in [0.4, 0.5) is 0 Å². The van der Waals surface area contributed by atoms with Crippen LogP contribution < -0.4 is 0 Å². The third kappa shape index (κ3) is 2.76. The largest absolute Gasteiger partial charge is 0.508 e. The van der Waals surface area contributed by atoms with Gasteiger partial charge in [-0.05, 0) is 37.0 Å². The molecule has 1 atom stereocenters. The fourth-order valence-electron chi connectivity index (χ4n) is 2.25. The third-order valence-corrected chi connectivity index (χ3v) is 3.57. The monoisotopic (exact) mass is 269 g/mol. The number of aliphatic hydroxyl groups is 1. The van der Waals surface area contributed by atoms with Crippen molar-refractivity contribution in [1.29, 1.82) is 0 Å². The van der Waals surface area contributed by atoms with Crippen LogP contribution in [0.1, 0.15) is 23.2 Å². The Balaban J connectivity index is 2.17. The molecule has 1 heterocycles. The van der Waals surface area contributed by atoms with Crippen molar-refractivity contribution in [3.05, 3.63) is 28.8 Å². The molecule has 1 aliphatic rings. The van der Waals surface area contributed by atoms with E-state index in [2.05, 4.69) is 0 Å². The van der Waals surface area contributed by atoms with Gasteiger partial charge in [-0.3, -0.25) is 4.79 Å². The Labute approximate surface area is 111 Å². The van der Waals surface area contributed by atoms with Crippen LogP contribution in [-0.2, 0) is 0 Å². The molecule has 1 aromatic rings. The first-order valence-corrected chi connectivity index (χ1v) is 6.38. The van der Waals surface area contributed by atoms with Gasteiger partial charge in [0.15, 0.2) is 0 Å². The molecular formula is C13H16ClNO3. The molecule has 1 saturated heterocycles. The summed E-state index contributed by atoms with van der Waals surface area (Å²) in [5.41, 5.74) is 0.315. The molecule has 98 valence electrons. The highest BCUT2D eigenvalue weighted by molar-refractivity contribution is 6.33. The molecule has 0 bridgehead atoms. The summed E-state index contributed by atoms with van der Waals surface area (Å²) in [6.45, 7) is 1.31.